The Labute approximate surface area is 144 Å². The predicted molar refractivity (Wildman–Crippen MR) is 93.7 cm³/mol. The summed E-state index contributed by atoms with van der Waals surface area (Å²) in [4.78, 5) is 8.43. The SMILES string of the molecule is [C-]#[N+]c1cc([N+]#[C-])c(N2c3ccccc3Oc3ccccc32)cc1F. The number of fused-ring (bicyclic) bond motifs is 2. The highest BCUT2D eigenvalue weighted by atomic mass is 19.1. The van der Waals surface area contributed by atoms with Crippen LogP contribution in [-0.2, 0) is 0 Å². The lowest BCUT2D eigenvalue weighted by Crippen LogP contribution is -2.15. The first kappa shape index (κ1) is 14.7. The van der Waals surface area contributed by atoms with Crippen molar-refractivity contribution in [3.05, 3.63) is 89.3 Å². The molecule has 0 fully saturated rings. The van der Waals surface area contributed by atoms with Crippen molar-refractivity contribution < 1.29 is 9.13 Å². The molecule has 0 spiro atoms. The summed E-state index contributed by atoms with van der Waals surface area (Å²) in [5.41, 5.74) is 1.84. The quantitative estimate of drug-likeness (QED) is 0.372. The molecule has 118 valence electrons. The van der Waals surface area contributed by atoms with Crippen LogP contribution in [0.25, 0.3) is 9.69 Å². The maximum Gasteiger partial charge on any atom is 0.212 e. The molecule has 4 nitrogen and oxygen atoms in total. The monoisotopic (exact) mass is 327 g/mol. The highest BCUT2D eigenvalue weighted by molar-refractivity contribution is 5.92. The molecule has 1 heterocycles. The summed E-state index contributed by atoms with van der Waals surface area (Å²) >= 11 is 0. The third kappa shape index (κ3) is 2.27. The van der Waals surface area contributed by atoms with Crippen LogP contribution in [-0.4, -0.2) is 0 Å². The van der Waals surface area contributed by atoms with Crippen LogP contribution in [0.1, 0.15) is 0 Å². The number of ether oxygens (including phenoxy) is 1. The molecule has 0 bridgehead atoms. The van der Waals surface area contributed by atoms with Crippen LogP contribution < -0.4 is 9.64 Å². The topological polar surface area (TPSA) is 21.2 Å². The van der Waals surface area contributed by atoms with Crippen LogP contribution in [0, 0.1) is 19.0 Å². The van der Waals surface area contributed by atoms with Gasteiger partial charge in [-0.1, -0.05) is 24.3 Å². The van der Waals surface area contributed by atoms with Gasteiger partial charge in [0.05, 0.1) is 30.2 Å². The minimum Gasteiger partial charge on any atom is -0.453 e. The maximum atomic E-state index is 14.3. The maximum absolute atomic E-state index is 14.3. The zero-order chi connectivity index (χ0) is 17.4. The van der Waals surface area contributed by atoms with Gasteiger partial charge >= 0.3 is 0 Å². The molecule has 0 aliphatic carbocycles. The Balaban J connectivity index is 2.03. The van der Waals surface area contributed by atoms with Gasteiger partial charge in [-0.05, 0) is 36.4 Å². The van der Waals surface area contributed by atoms with E-state index in [0.717, 1.165) is 0 Å². The summed E-state index contributed by atoms with van der Waals surface area (Å²) in [6.45, 7) is 14.5. The summed E-state index contributed by atoms with van der Waals surface area (Å²) in [5.74, 6) is 0.581. The van der Waals surface area contributed by atoms with Crippen LogP contribution in [0.2, 0.25) is 0 Å². The van der Waals surface area contributed by atoms with E-state index in [4.69, 9.17) is 17.9 Å². The van der Waals surface area contributed by atoms with Gasteiger partial charge in [-0.25, -0.2) is 14.1 Å². The minimum atomic E-state index is -0.654. The molecule has 1 aliphatic rings. The molecule has 0 saturated heterocycles. The van der Waals surface area contributed by atoms with Crippen molar-refractivity contribution in [2.45, 2.75) is 0 Å². The first-order chi connectivity index (χ1) is 12.2. The molecule has 3 aromatic rings. The van der Waals surface area contributed by atoms with E-state index in [-0.39, 0.29) is 11.4 Å². The number of rotatable bonds is 1. The van der Waals surface area contributed by atoms with Gasteiger partial charge in [0.1, 0.15) is 5.82 Å². The Hall–Kier alpha value is -3.83. The van der Waals surface area contributed by atoms with Gasteiger partial charge in [0, 0.05) is 0 Å². The lowest BCUT2D eigenvalue weighted by Gasteiger charge is -2.33. The molecule has 5 heteroatoms. The Morgan fingerprint density at radius 3 is 1.88 bits per heavy atom. The van der Waals surface area contributed by atoms with Crippen molar-refractivity contribution in [3.8, 4) is 11.5 Å². The number of halogens is 1. The van der Waals surface area contributed by atoms with Gasteiger partial charge in [0.15, 0.2) is 11.5 Å². The van der Waals surface area contributed by atoms with Crippen LogP contribution in [0.5, 0.6) is 11.5 Å². The molecule has 4 rings (SSSR count). The van der Waals surface area contributed by atoms with Gasteiger partial charge in [0.25, 0.3) is 0 Å². The van der Waals surface area contributed by atoms with Gasteiger partial charge in [0.2, 0.25) is 11.4 Å². The molecule has 25 heavy (non-hydrogen) atoms. The number of nitrogens with zero attached hydrogens (tertiary/aromatic N) is 3. The molecule has 0 radical (unpaired) electrons. The number of benzene rings is 3. The third-order valence-electron chi connectivity index (χ3n) is 3.96. The van der Waals surface area contributed by atoms with Crippen molar-refractivity contribution in [1.82, 2.24) is 0 Å². The minimum absolute atomic E-state index is 0.162. The highest BCUT2D eigenvalue weighted by Gasteiger charge is 2.27. The second kappa shape index (κ2) is 5.67. The lowest BCUT2D eigenvalue weighted by molar-refractivity contribution is 0.477. The second-order valence-electron chi connectivity index (χ2n) is 5.39. The van der Waals surface area contributed by atoms with E-state index in [2.05, 4.69) is 9.69 Å². The fraction of sp³-hybridized carbons (Fsp3) is 0. The van der Waals surface area contributed by atoms with E-state index < -0.39 is 5.82 Å². The molecule has 0 atom stereocenters. The Bertz CT molecular complexity index is 1030. The zero-order valence-electron chi connectivity index (χ0n) is 12.9. The van der Waals surface area contributed by atoms with E-state index in [1.54, 1.807) is 4.90 Å². The Morgan fingerprint density at radius 1 is 0.760 bits per heavy atom. The molecule has 0 saturated carbocycles. The molecule has 0 N–H and O–H groups in total. The fourth-order valence-electron chi connectivity index (χ4n) is 2.86. The van der Waals surface area contributed by atoms with Crippen molar-refractivity contribution in [2.75, 3.05) is 4.90 Å². The summed E-state index contributed by atoms with van der Waals surface area (Å²) in [5, 5.41) is 0. The lowest BCUT2D eigenvalue weighted by atomic mass is 10.1. The van der Waals surface area contributed by atoms with Crippen LogP contribution >= 0.6 is 0 Å². The van der Waals surface area contributed by atoms with Crippen molar-refractivity contribution in [1.29, 1.82) is 0 Å². The Kier molecular flexibility index (Phi) is 3.34. The molecule has 1 aliphatic heterocycles. The first-order valence-electron chi connectivity index (χ1n) is 7.47. The van der Waals surface area contributed by atoms with E-state index in [9.17, 15) is 4.39 Å². The standard InChI is InChI=1S/C20H10FN3O/c1-22-14-12-15(23-2)18(11-13(14)21)24-16-7-3-5-9-19(16)25-20-10-6-4-8-17(20)24/h3-12H. The number of para-hydroxylation sites is 4. The fourth-order valence-corrected chi connectivity index (χ4v) is 2.86. The first-order valence-corrected chi connectivity index (χ1v) is 7.47. The smallest absolute Gasteiger partial charge is 0.212 e. The van der Waals surface area contributed by atoms with E-state index in [0.29, 0.717) is 28.6 Å². The molecule has 3 aromatic carbocycles. The molecule has 0 aromatic heterocycles. The normalized spacial score (nSPS) is 11.6. The summed E-state index contributed by atoms with van der Waals surface area (Å²) < 4.78 is 20.2. The van der Waals surface area contributed by atoms with Gasteiger partial charge in [-0.2, -0.15) is 0 Å². The van der Waals surface area contributed by atoms with Gasteiger partial charge in [-0.15, -0.1) is 0 Å². The molecule has 0 unspecified atom stereocenters. The number of hydrogen-bond donors (Lipinski definition) is 0. The average molecular weight is 327 g/mol. The number of anilines is 3. The summed E-state index contributed by atoms with van der Waals surface area (Å²) in [6.07, 6.45) is 0. The zero-order valence-corrected chi connectivity index (χ0v) is 12.9. The van der Waals surface area contributed by atoms with Crippen molar-refractivity contribution >= 4 is 28.4 Å². The van der Waals surface area contributed by atoms with Gasteiger partial charge < -0.3 is 9.64 Å². The van der Waals surface area contributed by atoms with Crippen molar-refractivity contribution in [2.24, 2.45) is 0 Å². The third-order valence-corrected chi connectivity index (χ3v) is 3.96. The highest BCUT2D eigenvalue weighted by Crippen LogP contribution is 2.52. The summed E-state index contributed by atoms with van der Waals surface area (Å²) in [6, 6.07) is 17.3. The predicted octanol–water partition coefficient (Wildman–Crippen LogP) is 6.50. The van der Waals surface area contributed by atoms with Gasteiger partial charge in [-0.3, -0.25) is 0 Å². The summed E-state index contributed by atoms with van der Waals surface area (Å²) in [7, 11) is 0. The molecular weight excluding hydrogens is 317 g/mol. The average Bonchev–Trinajstić information content (AvgIpc) is 2.66. The van der Waals surface area contributed by atoms with Crippen LogP contribution in [0.4, 0.5) is 32.8 Å². The van der Waals surface area contributed by atoms with E-state index >= 15 is 0 Å². The Morgan fingerprint density at radius 2 is 1.32 bits per heavy atom. The second-order valence-corrected chi connectivity index (χ2v) is 5.39. The molecular formula is C20H10FN3O. The largest absolute Gasteiger partial charge is 0.453 e. The van der Waals surface area contributed by atoms with Crippen LogP contribution in [0.3, 0.4) is 0 Å². The molecule has 0 amide bonds. The van der Waals surface area contributed by atoms with Crippen LogP contribution in [0.15, 0.2) is 60.7 Å². The van der Waals surface area contributed by atoms with E-state index in [1.807, 2.05) is 48.5 Å². The van der Waals surface area contributed by atoms with Crippen molar-refractivity contribution in [3.63, 3.8) is 0 Å². The van der Waals surface area contributed by atoms with E-state index in [1.165, 1.54) is 12.1 Å². The number of hydrogen-bond acceptors (Lipinski definition) is 2.